The van der Waals surface area contributed by atoms with Crippen LogP contribution in [-0.2, 0) is 16.0 Å². The molecular formula is C12H15NO2S. The summed E-state index contributed by atoms with van der Waals surface area (Å²) < 4.78 is 0. The van der Waals surface area contributed by atoms with Gasteiger partial charge in [-0.05, 0) is 24.3 Å². The van der Waals surface area contributed by atoms with E-state index in [1.54, 1.807) is 11.3 Å². The van der Waals surface area contributed by atoms with Gasteiger partial charge >= 0.3 is 0 Å². The van der Waals surface area contributed by atoms with Crippen LogP contribution in [0.5, 0.6) is 0 Å². The maximum Gasteiger partial charge on any atom is 0.232 e. The molecule has 0 spiro atoms. The summed E-state index contributed by atoms with van der Waals surface area (Å²) in [7, 11) is 0. The van der Waals surface area contributed by atoms with E-state index in [9.17, 15) is 9.59 Å². The van der Waals surface area contributed by atoms with Gasteiger partial charge in [0.15, 0.2) is 0 Å². The second-order valence-corrected chi connectivity index (χ2v) is 5.18. The lowest BCUT2D eigenvalue weighted by Crippen LogP contribution is -2.45. The third-order valence-corrected chi connectivity index (χ3v) is 3.88. The van der Waals surface area contributed by atoms with Crippen LogP contribution in [0.1, 0.15) is 24.6 Å². The van der Waals surface area contributed by atoms with Crippen LogP contribution >= 0.6 is 11.3 Å². The number of carbonyl (C=O) groups is 2. The molecule has 1 aromatic heterocycles. The van der Waals surface area contributed by atoms with Gasteiger partial charge < -0.3 is 0 Å². The first-order valence-corrected chi connectivity index (χ1v) is 6.43. The van der Waals surface area contributed by atoms with Crippen molar-refractivity contribution in [2.24, 2.45) is 5.92 Å². The molecule has 0 bridgehead atoms. The summed E-state index contributed by atoms with van der Waals surface area (Å²) in [6, 6.07) is 4.02. The minimum absolute atomic E-state index is 0.000959. The van der Waals surface area contributed by atoms with Gasteiger partial charge in [0.25, 0.3) is 0 Å². The summed E-state index contributed by atoms with van der Waals surface area (Å²) in [6.07, 6.45) is 1.99. The van der Waals surface area contributed by atoms with Crippen LogP contribution in [0.15, 0.2) is 17.5 Å². The van der Waals surface area contributed by atoms with Crippen molar-refractivity contribution in [3.8, 4) is 0 Å². The molecule has 1 unspecified atom stereocenters. The Balaban J connectivity index is 1.97. The van der Waals surface area contributed by atoms with E-state index in [1.807, 2.05) is 24.4 Å². The molecule has 2 rings (SSSR count). The fraction of sp³-hybridized carbons (Fsp3) is 0.500. The summed E-state index contributed by atoms with van der Waals surface area (Å²) in [5.74, 6) is -0.0199. The van der Waals surface area contributed by atoms with Gasteiger partial charge in [0, 0.05) is 23.8 Å². The Morgan fingerprint density at radius 1 is 1.50 bits per heavy atom. The molecule has 1 atom stereocenters. The van der Waals surface area contributed by atoms with E-state index >= 15 is 0 Å². The van der Waals surface area contributed by atoms with E-state index in [1.165, 1.54) is 9.78 Å². The van der Waals surface area contributed by atoms with Crippen LogP contribution in [-0.4, -0.2) is 23.3 Å². The molecule has 0 radical (unpaired) electrons. The van der Waals surface area contributed by atoms with E-state index in [4.69, 9.17) is 0 Å². The highest BCUT2D eigenvalue weighted by Gasteiger charge is 2.30. The molecule has 2 amide bonds. The van der Waals surface area contributed by atoms with Crippen molar-refractivity contribution in [2.75, 3.05) is 6.54 Å². The first kappa shape index (κ1) is 11.3. The molecule has 3 nitrogen and oxygen atoms in total. The van der Waals surface area contributed by atoms with Crippen LogP contribution in [0.25, 0.3) is 0 Å². The molecule has 1 aliphatic rings. The number of amides is 2. The molecular weight excluding hydrogens is 222 g/mol. The molecule has 16 heavy (non-hydrogen) atoms. The Morgan fingerprint density at radius 3 is 3.00 bits per heavy atom. The van der Waals surface area contributed by atoms with Crippen molar-refractivity contribution in [2.45, 2.75) is 26.2 Å². The number of likely N-dealkylation sites (tertiary alicyclic amines) is 1. The van der Waals surface area contributed by atoms with Crippen LogP contribution in [0.3, 0.4) is 0 Å². The van der Waals surface area contributed by atoms with Gasteiger partial charge in [-0.25, -0.2) is 0 Å². The summed E-state index contributed by atoms with van der Waals surface area (Å²) in [4.78, 5) is 26.1. The van der Waals surface area contributed by atoms with E-state index in [0.717, 1.165) is 6.42 Å². The molecule has 1 aliphatic heterocycles. The third kappa shape index (κ3) is 2.32. The van der Waals surface area contributed by atoms with Gasteiger partial charge in [0.05, 0.1) is 0 Å². The van der Waals surface area contributed by atoms with Crippen molar-refractivity contribution in [3.63, 3.8) is 0 Å². The van der Waals surface area contributed by atoms with Crippen molar-refractivity contribution in [3.05, 3.63) is 22.4 Å². The smallest absolute Gasteiger partial charge is 0.232 e. The van der Waals surface area contributed by atoms with E-state index in [0.29, 0.717) is 19.4 Å². The number of imide groups is 1. The van der Waals surface area contributed by atoms with Crippen LogP contribution in [0.2, 0.25) is 0 Å². The molecule has 0 N–H and O–H groups in total. The molecule has 2 heterocycles. The van der Waals surface area contributed by atoms with Gasteiger partial charge in [0.2, 0.25) is 11.8 Å². The molecule has 0 aliphatic carbocycles. The number of rotatable bonds is 3. The zero-order valence-electron chi connectivity index (χ0n) is 9.31. The maximum atomic E-state index is 11.8. The van der Waals surface area contributed by atoms with Crippen molar-refractivity contribution < 1.29 is 9.59 Å². The zero-order valence-corrected chi connectivity index (χ0v) is 10.1. The van der Waals surface area contributed by atoms with Gasteiger partial charge in [-0.15, -0.1) is 11.3 Å². The largest absolute Gasteiger partial charge is 0.282 e. The topological polar surface area (TPSA) is 37.4 Å². The van der Waals surface area contributed by atoms with Crippen molar-refractivity contribution >= 4 is 23.2 Å². The summed E-state index contributed by atoms with van der Waals surface area (Å²) in [5.41, 5.74) is 0. The average Bonchev–Trinajstić information content (AvgIpc) is 2.77. The number of piperidine rings is 1. The van der Waals surface area contributed by atoms with Gasteiger partial charge in [-0.2, -0.15) is 0 Å². The predicted molar refractivity (Wildman–Crippen MR) is 63.1 cm³/mol. The van der Waals surface area contributed by atoms with Gasteiger partial charge in [-0.1, -0.05) is 13.0 Å². The SMILES string of the molecule is CC1CCC(=O)N(CCc2cccs2)C1=O. The average molecular weight is 237 g/mol. The fourth-order valence-corrected chi connectivity index (χ4v) is 2.60. The Morgan fingerprint density at radius 2 is 2.31 bits per heavy atom. The quantitative estimate of drug-likeness (QED) is 0.755. The highest BCUT2D eigenvalue weighted by atomic mass is 32.1. The second-order valence-electron chi connectivity index (χ2n) is 4.15. The molecule has 1 saturated heterocycles. The standard InChI is InChI=1S/C12H15NO2S/c1-9-4-5-11(14)13(12(9)15)7-6-10-3-2-8-16-10/h2-3,8-9H,4-7H2,1H3. The fourth-order valence-electron chi connectivity index (χ4n) is 1.90. The van der Waals surface area contributed by atoms with Crippen molar-refractivity contribution in [1.82, 2.24) is 4.90 Å². The van der Waals surface area contributed by atoms with Gasteiger partial charge in [-0.3, -0.25) is 14.5 Å². The summed E-state index contributed by atoms with van der Waals surface area (Å²) in [6.45, 7) is 2.43. The molecule has 4 heteroatoms. The minimum Gasteiger partial charge on any atom is -0.282 e. The lowest BCUT2D eigenvalue weighted by atomic mass is 9.98. The predicted octanol–water partition coefficient (Wildman–Crippen LogP) is 2.08. The highest BCUT2D eigenvalue weighted by Crippen LogP contribution is 2.19. The monoisotopic (exact) mass is 237 g/mol. The van der Waals surface area contributed by atoms with Crippen LogP contribution in [0.4, 0.5) is 0 Å². The maximum absolute atomic E-state index is 11.8. The van der Waals surface area contributed by atoms with E-state index in [-0.39, 0.29) is 17.7 Å². The number of carbonyl (C=O) groups excluding carboxylic acids is 2. The van der Waals surface area contributed by atoms with Crippen LogP contribution in [0, 0.1) is 5.92 Å². The van der Waals surface area contributed by atoms with E-state index < -0.39 is 0 Å². The summed E-state index contributed by atoms with van der Waals surface area (Å²) >= 11 is 1.67. The minimum atomic E-state index is -0.0142. The molecule has 1 fully saturated rings. The van der Waals surface area contributed by atoms with E-state index in [2.05, 4.69) is 0 Å². The molecule has 86 valence electrons. The Kier molecular flexibility index (Phi) is 3.39. The van der Waals surface area contributed by atoms with Crippen molar-refractivity contribution in [1.29, 1.82) is 0 Å². The molecule has 0 saturated carbocycles. The van der Waals surface area contributed by atoms with Gasteiger partial charge in [0.1, 0.15) is 0 Å². The second kappa shape index (κ2) is 4.78. The number of hydrogen-bond donors (Lipinski definition) is 0. The molecule has 1 aromatic rings. The first-order chi connectivity index (χ1) is 7.68. The Bertz CT molecular complexity index is 386. The first-order valence-electron chi connectivity index (χ1n) is 5.55. The Hall–Kier alpha value is -1.16. The zero-order chi connectivity index (χ0) is 11.5. The lowest BCUT2D eigenvalue weighted by Gasteiger charge is -2.28. The number of hydrogen-bond acceptors (Lipinski definition) is 3. The van der Waals surface area contributed by atoms with Crippen LogP contribution < -0.4 is 0 Å². The number of nitrogens with zero attached hydrogens (tertiary/aromatic N) is 1. The number of thiophene rings is 1. The lowest BCUT2D eigenvalue weighted by molar-refractivity contribution is -0.151. The summed E-state index contributed by atoms with van der Waals surface area (Å²) in [5, 5.41) is 2.01. The normalized spacial score (nSPS) is 21.6. The third-order valence-electron chi connectivity index (χ3n) is 2.94. The highest BCUT2D eigenvalue weighted by molar-refractivity contribution is 7.09. The Labute approximate surface area is 99.1 Å². The molecule has 0 aromatic carbocycles.